The summed E-state index contributed by atoms with van der Waals surface area (Å²) < 4.78 is 55.4. The van der Waals surface area contributed by atoms with Crippen LogP contribution in [0.5, 0.6) is 5.75 Å². The SMILES string of the molecule is Cc1c(F)cccc1Nc1cc(-c2cccc(OC(F)(F)F)c2)nc(NCCO)n1. The van der Waals surface area contributed by atoms with Crippen molar-refractivity contribution in [3.63, 3.8) is 0 Å². The third-order valence-electron chi connectivity index (χ3n) is 4.01. The van der Waals surface area contributed by atoms with E-state index in [0.717, 1.165) is 0 Å². The highest BCUT2D eigenvalue weighted by molar-refractivity contribution is 5.69. The van der Waals surface area contributed by atoms with Gasteiger partial charge in [0.15, 0.2) is 0 Å². The Labute approximate surface area is 169 Å². The van der Waals surface area contributed by atoms with Gasteiger partial charge in [-0.3, -0.25) is 0 Å². The minimum absolute atomic E-state index is 0.139. The Morgan fingerprint density at radius 3 is 2.57 bits per heavy atom. The lowest BCUT2D eigenvalue weighted by Gasteiger charge is -2.14. The van der Waals surface area contributed by atoms with Crippen LogP contribution < -0.4 is 15.4 Å². The van der Waals surface area contributed by atoms with Crippen molar-refractivity contribution in [2.45, 2.75) is 13.3 Å². The van der Waals surface area contributed by atoms with Crippen molar-refractivity contribution >= 4 is 17.5 Å². The smallest absolute Gasteiger partial charge is 0.406 e. The van der Waals surface area contributed by atoms with Crippen LogP contribution >= 0.6 is 0 Å². The second kappa shape index (κ2) is 8.95. The van der Waals surface area contributed by atoms with Gasteiger partial charge in [-0.1, -0.05) is 18.2 Å². The summed E-state index contributed by atoms with van der Waals surface area (Å²) in [7, 11) is 0. The number of nitrogens with one attached hydrogen (secondary N) is 2. The van der Waals surface area contributed by atoms with Crippen LogP contribution in [0.4, 0.5) is 35.0 Å². The van der Waals surface area contributed by atoms with E-state index in [1.54, 1.807) is 19.1 Å². The molecular weight excluding hydrogens is 404 g/mol. The monoisotopic (exact) mass is 422 g/mol. The average Bonchev–Trinajstić information content (AvgIpc) is 2.69. The predicted molar refractivity (Wildman–Crippen MR) is 104 cm³/mol. The minimum Gasteiger partial charge on any atom is -0.406 e. The Morgan fingerprint density at radius 1 is 1.07 bits per heavy atom. The minimum atomic E-state index is -4.82. The average molecular weight is 422 g/mol. The Bertz CT molecular complexity index is 1030. The number of hydrogen-bond donors (Lipinski definition) is 3. The number of alkyl halides is 3. The molecule has 0 saturated carbocycles. The number of aliphatic hydroxyl groups excluding tert-OH is 1. The van der Waals surface area contributed by atoms with Gasteiger partial charge in [0, 0.05) is 29.4 Å². The molecule has 10 heteroatoms. The molecule has 0 bridgehead atoms. The molecule has 2 aromatic carbocycles. The summed E-state index contributed by atoms with van der Waals surface area (Å²) in [6.45, 7) is 1.59. The van der Waals surface area contributed by atoms with E-state index in [-0.39, 0.29) is 30.7 Å². The highest BCUT2D eigenvalue weighted by Gasteiger charge is 2.31. The maximum Gasteiger partial charge on any atom is 0.573 e. The number of anilines is 3. The van der Waals surface area contributed by atoms with Gasteiger partial charge in [-0.15, -0.1) is 13.2 Å². The van der Waals surface area contributed by atoms with Crippen LogP contribution in [-0.2, 0) is 0 Å². The third kappa shape index (κ3) is 5.57. The summed E-state index contributed by atoms with van der Waals surface area (Å²) in [5.74, 6) is -0.361. The summed E-state index contributed by atoms with van der Waals surface area (Å²) in [5, 5.41) is 14.8. The van der Waals surface area contributed by atoms with E-state index in [1.165, 1.54) is 36.4 Å². The van der Waals surface area contributed by atoms with Gasteiger partial charge < -0.3 is 20.5 Å². The van der Waals surface area contributed by atoms with Gasteiger partial charge in [-0.2, -0.15) is 4.98 Å². The van der Waals surface area contributed by atoms with E-state index in [0.29, 0.717) is 22.5 Å². The highest BCUT2D eigenvalue weighted by atomic mass is 19.4. The van der Waals surface area contributed by atoms with Crippen LogP contribution in [0.15, 0.2) is 48.5 Å². The maximum absolute atomic E-state index is 13.8. The fourth-order valence-electron chi connectivity index (χ4n) is 2.64. The number of hydrogen-bond acceptors (Lipinski definition) is 6. The quantitative estimate of drug-likeness (QED) is 0.482. The zero-order chi connectivity index (χ0) is 21.7. The Balaban J connectivity index is 1.99. The molecule has 158 valence electrons. The largest absolute Gasteiger partial charge is 0.573 e. The molecule has 3 rings (SSSR count). The lowest BCUT2D eigenvalue weighted by atomic mass is 10.1. The number of rotatable bonds is 7. The molecule has 0 atom stereocenters. The van der Waals surface area contributed by atoms with E-state index in [1.807, 2.05) is 0 Å². The Morgan fingerprint density at radius 2 is 1.83 bits per heavy atom. The maximum atomic E-state index is 13.8. The summed E-state index contributed by atoms with van der Waals surface area (Å²) >= 11 is 0. The molecule has 1 heterocycles. The zero-order valence-electron chi connectivity index (χ0n) is 15.8. The number of ether oxygens (including phenoxy) is 1. The molecular formula is C20H18F4N4O2. The standard InChI is InChI=1S/C20H18F4N4O2/c1-12-15(21)6-3-7-16(12)26-18-11-17(27-19(28-18)25-8-9-29)13-4-2-5-14(10-13)30-20(22,23)24/h2-7,10-11,29H,8-9H2,1H3,(H2,25,26,27,28). The van der Waals surface area contributed by atoms with Crippen molar-refractivity contribution in [2.24, 2.45) is 0 Å². The molecule has 0 aliphatic heterocycles. The molecule has 30 heavy (non-hydrogen) atoms. The molecule has 6 nitrogen and oxygen atoms in total. The van der Waals surface area contributed by atoms with Crippen LogP contribution in [0.2, 0.25) is 0 Å². The normalized spacial score (nSPS) is 11.3. The zero-order valence-corrected chi connectivity index (χ0v) is 15.8. The fourth-order valence-corrected chi connectivity index (χ4v) is 2.64. The summed E-state index contributed by atoms with van der Waals surface area (Å²) in [4.78, 5) is 8.54. The summed E-state index contributed by atoms with van der Waals surface area (Å²) in [6.07, 6.45) is -4.82. The molecule has 0 spiro atoms. The van der Waals surface area contributed by atoms with Gasteiger partial charge in [0.2, 0.25) is 5.95 Å². The van der Waals surface area contributed by atoms with Crippen LogP contribution in [0.25, 0.3) is 11.3 Å². The molecule has 0 amide bonds. The van der Waals surface area contributed by atoms with Crippen LogP contribution in [-0.4, -0.2) is 34.6 Å². The van der Waals surface area contributed by atoms with Crippen molar-refractivity contribution in [1.82, 2.24) is 9.97 Å². The van der Waals surface area contributed by atoms with E-state index in [2.05, 4.69) is 25.3 Å². The number of aromatic nitrogens is 2. The lowest BCUT2D eigenvalue weighted by molar-refractivity contribution is -0.274. The number of aliphatic hydroxyl groups is 1. The number of benzene rings is 2. The van der Waals surface area contributed by atoms with Gasteiger partial charge in [0.05, 0.1) is 12.3 Å². The second-order valence-electron chi connectivity index (χ2n) is 6.23. The molecule has 0 fully saturated rings. The highest BCUT2D eigenvalue weighted by Crippen LogP contribution is 2.30. The molecule has 0 aliphatic rings. The van der Waals surface area contributed by atoms with Gasteiger partial charge in [0.1, 0.15) is 17.4 Å². The van der Waals surface area contributed by atoms with E-state index < -0.39 is 12.2 Å². The first-order valence-electron chi connectivity index (χ1n) is 8.87. The van der Waals surface area contributed by atoms with Gasteiger partial charge in [-0.25, -0.2) is 9.37 Å². The molecule has 0 radical (unpaired) electrons. The van der Waals surface area contributed by atoms with E-state index >= 15 is 0 Å². The Kier molecular flexibility index (Phi) is 6.36. The first kappa shape index (κ1) is 21.3. The van der Waals surface area contributed by atoms with Crippen LogP contribution in [0, 0.1) is 12.7 Å². The molecule has 1 aromatic heterocycles. The first-order chi connectivity index (χ1) is 14.2. The predicted octanol–water partition coefficient (Wildman–Crippen LogP) is 4.64. The van der Waals surface area contributed by atoms with Crippen LogP contribution in [0.3, 0.4) is 0 Å². The van der Waals surface area contributed by atoms with Crippen molar-refractivity contribution in [3.8, 4) is 17.0 Å². The van der Waals surface area contributed by atoms with Gasteiger partial charge in [-0.05, 0) is 31.2 Å². The first-order valence-corrected chi connectivity index (χ1v) is 8.87. The summed E-state index contributed by atoms with van der Waals surface area (Å²) in [6, 6.07) is 11.4. The van der Waals surface area contributed by atoms with Crippen molar-refractivity contribution in [1.29, 1.82) is 0 Å². The topological polar surface area (TPSA) is 79.3 Å². The Hall–Kier alpha value is -3.40. The van der Waals surface area contributed by atoms with Crippen molar-refractivity contribution in [2.75, 3.05) is 23.8 Å². The molecule has 0 aliphatic carbocycles. The van der Waals surface area contributed by atoms with Gasteiger partial charge in [0.25, 0.3) is 0 Å². The van der Waals surface area contributed by atoms with Gasteiger partial charge >= 0.3 is 6.36 Å². The fraction of sp³-hybridized carbons (Fsp3) is 0.200. The third-order valence-corrected chi connectivity index (χ3v) is 4.01. The van der Waals surface area contributed by atoms with Crippen molar-refractivity contribution < 1.29 is 27.4 Å². The molecule has 3 aromatic rings. The second-order valence-corrected chi connectivity index (χ2v) is 6.23. The van der Waals surface area contributed by atoms with Crippen molar-refractivity contribution in [3.05, 3.63) is 59.9 Å². The van der Waals surface area contributed by atoms with Crippen LogP contribution in [0.1, 0.15) is 5.56 Å². The molecule has 3 N–H and O–H groups in total. The van der Waals surface area contributed by atoms with E-state index in [9.17, 15) is 17.6 Å². The summed E-state index contributed by atoms with van der Waals surface area (Å²) in [5.41, 5.74) is 1.50. The lowest BCUT2D eigenvalue weighted by Crippen LogP contribution is -2.17. The molecule has 0 saturated heterocycles. The molecule has 0 unspecified atom stereocenters. The van der Waals surface area contributed by atoms with E-state index in [4.69, 9.17) is 5.11 Å². The number of nitrogens with zero attached hydrogens (tertiary/aromatic N) is 2. The number of halogens is 4.